The van der Waals surface area contributed by atoms with Crippen LogP contribution in [0.2, 0.25) is 0 Å². The zero-order chi connectivity index (χ0) is 15.1. The highest BCUT2D eigenvalue weighted by atomic mass is 79.9. The summed E-state index contributed by atoms with van der Waals surface area (Å²) < 4.78 is 6.64. The van der Waals surface area contributed by atoms with E-state index in [9.17, 15) is 4.79 Å². The lowest BCUT2D eigenvalue weighted by Gasteiger charge is -2.12. The van der Waals surface area contributed by atoms with Crippen LogP contribution < -0.4 is 10.1 Å². The van der Waals surface area contributed by atoms with Crippen molar-refractivity contribution in [2.75, 3.05) is 13.2 Å². The molecule has 2 rings (SSSR count). The topological polar surface area (TPSA) is 38.3 Å². The lowest BCUT2D eigenvalue weighted by atomic mass is 10.1. The molecule has 0 atom stereocenters. The zero-order valence-electron chi connectivity index (χ0n) is 11.9. The lowest BCUT2D eigenvalue weighted by Crippen LogP contribution is -2.23. The van der Waals surface area contributed by atoms with Crippen LogP contribution in [0.25, 0.3) is 0 Å². The molecule has 0 aromatic heterocycles. The molecule has 0 unspecified atom stereocenters. The molecule has 0 aliphatic rings. The van der Waals surface area contributed by atoms with Gasteiger partial charge in [0.05, 0.1) is 12.2 Å². The zero-order valence-corrected chi connectivity index (χ0v) is 13.5. The number of benzene rings is 2. The molecule has 0 aliphatic carbocycles. The molecule has 0 saturated heterocycles. The number of carbonyl (C=O) groups is 1. The fraction of sp³-hybridized carbons (Fsp3) is 0.235. The van der Waals surface area contributed by atoms with Gasteiger partial charge in [-0.05, 0) is 30.7 Å². The molecule has 0 spiro atoms. The van der Waals surface area contributed by atoms with Crippen molar-refractivity contribution in [3.63, 3.8) is 0 Å². The molecular formula is C17H18BrNO2. The Kier molecular flexibility index (Phi) is 5.81. The van der Waals surface area contributed by atoms with E-state index in [1.54, 1.807) is 6.07 Å². The molecule has 1 amide bonds. The molecule has 2 aromatic carbocycles. The smallest absolute Gasteiger partial charge is 0.255 e. The molecular weight excluding hydrogens is 330 g/mol. The summed E-state index contributed by atoms with van der Waals surface area (Å²) in [6.07, 6.45) is 0.811. The minimum atomic E-state index is -0.117. The number of rotatable bonds is 6. The van der Waals surface area contributed by atoms with Crippen LogP contribution in [0.1, 0.15) is 22.8 Å². The Morgan fingerprint density at radius 1 is 1.19 bits per heavy atom. The highest BCUT2D eigenvalue weighted by Crippen LogP contribution is 2.23. The molecule has 4 heteroatoms. The number of halogens is 1. The second kappa shape index (κ2) is 7.84. The number of amides is 1. The molecule has 0 aliphatic heterocycles. The SMILES string of the molecule is CCNC(=O)c1cc(Br)ccc1OCCc1ccccc1. The second-order valence-corrected chi connectivity index (χ2v) is 5.50. The fourth-order valence-electron chi connectivity index (χ4n) is 1.98. The van der Waals surface area contributed by atoms with E-state index < -0.39 is 0 Å². The molecule has 110 valence electrons. The average Bonchev–Trinajstić information content (AvgIpc) is 2.50. The number of hydrogen-bond acceptors (Lipinski definition) is 2. The van der Waals surface area contributed by atoms with E-state index in [1.165, 1.54) is 5.56 Å². The van der Waals surface area contributed by atoms with Crippen molar-refractivity contribution in [3.8, 4) is 5.75 Å². The lowest BCUT2D eigenvalue weighted by molar-refractivity contribution is 0.0951. The van der Waals surface area contributed by atoms with E-state index in [0.29, 0.717) is 24.5 Å². The number of carbonyl (C=O) groups excluding carboxylic acids is 1. The van der Waals surface area contributed by atoms with Gasteiger partial charge in [0, 0.05) is 17.4 Å². The molecule has 0 saturated carbocycles. The Morgan fingerprint density at radius 2 is 1.95 bits per heavy atom. The van der Waals surface area contributed by atoms with Crippen LogP contribution in [0.4, 0.5) is 0 Å². The van der Waals surface area contributed by atoms with E-state index in [1.807, 2.05) is 37.3 Å². The molecule has 1 N–H and O–H groups in total. The molecule has 3 nitrogen and oxygen atoms in total. The van der Waals surface area contributed by atoms with Crippen LogP contribution in [0, 0.1) is 0 Å². The summed E-state index contributed by atoms with van der Waals surface area (Å²) >= 11 is 3.39. The van der Waals surface area contributed by atoms with Gasteiger partial charge in [0.1, 0.15) is 5.75 Å². The summed E-state index contributed by atoms with van der Waals surface area (Å²) in [5.41, 5.74) is 1.77. The third-order valence-electron chi connectivity index (χ3n) is 3.01. The maximum Gasteiger partial charge on any atom is 0.255 e. The van der Waals surface area contributed by atoms with Crippen molar-refractivity contribution in [1.82, 2.24) is 5.32 Å². The van der Waals surface area contributed by atoms with E-state index in [2.05, 4.69) is 33.4 Å². The maximum absolute atomic E-state index is 12.0. The Bertz CT molecular complexity index is 599. The van der Waals surface area contributed by atoms with Gasteiger partial charge in [0.25, 0.3) is 5.91 Å². The molecule has 0 fully saturated rings. The average molecular weight is 348 g/mol. The first-order chi connectivity index (χ1) is 10.2. The van der Waals surface area contributed by atoms with Gasteiger partial charge in [-0.3, -0.25) is 4.79 Å². The van der Waals surface area contributed by atoms with Crippen LogP contribution in [-0.4, -0.2) is 19.1 Å². The van der Waals surface area contributed by atoms with Crippen LogP contribution in [0.5, 0.6) is 5.75 Å². The van der Waals surface area contributed by atoms with Crippen molar-refractivity contribution in [2.24, 2.45) is 0 Å². The van der Waals surface area contributed by atoms with Gasteiger partial charge in [-0.15, -0.1) is 0 Å². The maximum atomic E-state index is 12.0. The first-order valence-corrected chi connectivity index (χ1v) is 7.74. The first kappa shape index (κ1) is 15.6. The Morgan fingerprint density at radius 3 is 2.67 bits per heavy atom. The predicted octanol–water partition coefficient (Wildman–Crippen LogP) is 3.82. The Hall–Kier alpha value is -1.81. The first-order valence-electron chi connectivity index (χ1n) is 6.95. The summed E-state index contributed by atoms with van der Waals surface area (Å²) in [5, 5.41) is 2.80. The molecule has 2 aromatic rings. The van der Waals surface area contributed by atoms with Gasteiger partial charge in [-0.2, -0.15) is 0 Å². The summed E-state index contributed by atoms with van der Waals surface area (Å²) in [5.74, 6) is 0.494. The van der Waals surface area contributed by atoms with E-state index >= 15 is 0 Å². The highest BCUT2D eigenvalue weighted by molar-refractivity contribution is 9.10. The van der Waals surface area contributed by atoms with Crippen molar-refractivity contribution in [1.29, 1.82) is 0 Å². The van der Waals surface area contributed by atoms with Gasteiger partial charge in [-0.1, -0.05) is 46.3 Å². The Labute approximate surface area is 133 Å². The standard InChI is InChI=1S/C17H18BrNO2/c1-2-19-17(20)15-12-14(18)8-9-16(15)21-11-10-13-6-4-3-5-7-13/h3-9,12H,2,10-11H2,1H3,(H,19,20). The monoisotopic (exact) mass is 347 g/mol. The second-order valence-electron chi connectivity index (χ2n) is 4.58. The Balaban J connectivity index is 2.03. The van der Waals surface area contributed by atoms with Crippen LogP contribution in [0.3, 0.4) is 0 Å². The van der Waals surface area contributed by atoms with Crippen LogP contribution >= 0.6 is 15.9 Å². The number of nitrogens with one attached hydrogen (secondary N) is 1. The van der Waals surface area contributed by atoms with E-state index in [4.69, 9.17) is 4.74 Å². The van der Waals surface area contributed by atoms with Crippen molar-refractivity contribution in [2.45, 2.75) is 13.3 Å². The molecule has 0 radical (unpaired) electrons. The quantitative estimate of drug-likeness (QED) is 0.862. The largest absolute Gasteiger partial charge is 0.492 e. The third-order valence-corrected chi connectivity index (χ3v) is 3.51. The molecule has 21 heavy (non-hydrogen) atoms. The van der Waals surface area contributed by atoms with Crippen LogP contribution in [0.15, 0.2) is 53.0 Å². The normalized spacial score (nSPS) is 10.2. The van der Waals surface area contributed by atoms with Crippen molar-refractivity contribution < 1.29 is 9.53 Å². The van der Waals surface area contributed by atoms with Gasteiger partial charge < -0.3 is 10.1 Å². The summed E-state index contributed by atoms with van der Waals surface area (Å²) in [4.78, 5) is 12.0. The third kappa shape index (κ3) is 4.60. The van der Waals surface area contributed by atoms with E-state index in [0.717, 1.165) is 10.9 Å². The number of ether oxygens (including phenoxy) is 1. The molecule has 0 bridgehead atoms. The van der Waals surface area contributed by atoms with Gasteiger partial charge in [0.15, 0.2) is 0 Å². The number of hydrogen-bond donors (Lipinski definition) is 1. The van der Waals surface area contributed by atoms with Crippen molar-refractivity contribution in [3.05, 3.63) is 64.1 Å². The van der Waals surface area contributed by atoms with Gasteiger partial charge in [-0.25, -0.2) is 0 Å². The molecule has 0 heterocycles. The summed E-state index contributed by atoms with van der Waals surface area (Å²) in [6, 6.07) is 15.6. The minimum absolute atomic E-state index is 0.117. The predicted molar refractivity (Wildman–Crippen MR) is 87.8 cm³/mol. The van der Waals surface area contributed by atoms with Gasteiger partial charge in [0.2, 0.25) is 0 Å². The minimum Gasteiger partial charge on any atom is -0.492 e. The highest BCUT2D eigenvalue weighted by Gasteiger charge is 2.12. The summed E-state index contributed by atoms with van der Waals surface area (Å²) in [7, 11) is 0. The summed E-state index contributed by atoms with van der Waals surface area (Å²) in [6.45, 7) is 3.03. The van der Waals surface area contributed by atoms with E-state index in [-0.39, 0.29) is 5.91 Å². The fourth-order valence-corrected chi connectivity index (χ4v) is 2.35. The van der Waals surface area contributed by atoms with Crippen molar-refractivity contribution >= 4 is 21.8 Å². The van der Waals surface area contributed by atoms with Gasteiger partial charge >= 0.3 is 0 Å². The van der Waals surface area contributed by atoms with Crippen LogP contribution in [-0.2, 0) is 6.42 Å².